The smallest absolute Gasteiger partial charge is 0.245 e. The molecule has 0 aliphatic rings. The maximum absolute atomic E-state index is 12.6. The van der Waals surface area contributed by atoms with E-state index in [1.54, 1.807) is 6.92 Å². The molecule has 0 aliphatic carbocycles. The highest BCUT2D eigenvalue weighted by Crippen LogP contribution is 2.29. The van der Waals surface area contributed by atoms with Crippen LogP contribution in [-0.4, -0.2) is 31.7 Å². The number of hydrogen-bond donors (Lipinski definition) is 2. The van der Waals surface area contributed by atoms with Gasteiger partial charge in [0.25, 0.3) is 0 Å². The van der Waals surface area contributed by atoms with E-state index in [0.29, 0.717) is 17.7 Å². The van der Waals surface area contributed by atoms with Gasteiger partial charge in [-0.15, -0.1) is 0 Å². The van der Waals surface area contributed by atoms with Gasteiger partial charge in [0.15, 0.2) is 0 Å². The number of nitrogens with two attached hydrogens (primary N) is 2. The zero-order chi connectivity index (χ0) is 16.2. The number of carbonyl (C=O) groups is 1. The van der Waals surface area contributed by atoms with Crippen LogP contribution in [0, 0.1) is 6.92 Å². The molecule has 0 heterocycles. The number of primary amides is 1. The van der Waals surface area contributed by atoms with Crippen LogP contribution < -0.4 is 11.5 Å². The average molecular weight is 334 g/mol. The summed E-state index contributed by atoms with van der Waals surface area (Å²) >= 11 is 6.02. The normalized spacial score (nSPS) is 11.8. The molecule has 1 amide bonds. The Morgan fingerprint density at radius 3 is 2.52 bits per heavy atom. The van der Waals surface area contributed by atoms with Gasteiger partial charge >= 0.3 is 0 Å². The van der Waals surface area contributed by atoms with Crippen molar-refractivity contribution in [1.82, 2.24) is 4.31 Å². The van der Waals surface area contributed by atoms with E-state index >= 15 is 0 Å². The molecule has 118 valence electrons. The number of nitrogen functional groups attached to an aromatic ring is 1. The van der Waals surface area contributed by atoms with Crippen molar-refractivity contribution in [3.8, 4) is 0 Å². The van der Waals surface area contributed by atoms with Crippen molar-refractivity contribution >= 4 is 33.2 Å². The van der Waals surface area contributed by atoms with Gasteiger partial charge in [-0.3, -0.25) is 4.79 Å². The number of unbranched alkanes of at least 4 members (excludes halogenated alkanes) is 1. The van der Waals surface area contributed by atoms with Crippen molar-refractivity contribution in [2.45, 2.75) is 31.6 Å². The second kappa shape index (κ2) is 7.11. The fourth-order valence-corrected chi connectivity index (χ4v) is 3.83. The third-order valence-corrected chi connectivity index (χ3v) is 5.34. The summed E-state index contributed by atoms with van der Waals surface area (Å²) in [5.74, 6) is -0.717. The van der Waals surface area contributed by atoms with Gasteiger partial charge in [-0.2, -0.15) is 4.31 Å². The van der Waals surface area contributed by atoms with Gasteiger partial charge in [-0.25, -0.2) is 8.42 Å². The first kappa shape index (κ1) is 17.7. The summed E-state index contributed by atoms with van der Waals surface area (Å²) in [4.78, 5) is 11.0. The number of nitrogens with zero attached hydrogens (tertiary/aromatic N) is 1. The molecule has 6 nitrogen and oxygen atoms in total. The number of hydrogen-bond acceptors (Lipinski definition) is 4. The Morgan fingerprint density at radius 2 is 2.00 bits per heavy atom. The SMILES string of the molecule is CCCCN(CC(N)=O)S(=O)(=O)c1cc(N)c(C)cc1Cl. The van der Waals surface area contributed by atoms with Gasteiger partial charge in [0.05, 0.1) is 11.6 Å². The molecule has 0 atom stereocenters. The lowest BCUT2D eigenvalue weighted by Crippen LogP contribution is -2.39. The molecule has 8 heteroatoms. The Hall–Kier alpha value is -1.31. The van der Waals surface area contributed by atoms with Crippen molar-refractivity contribution in [3.63, 3.8) is 0 Å². The number of aryl methyl sites for hydroxylation is 1. The first-order valence-electron chi connectivity index (χ1n) is 6.54. The summed E-state index contributed by atoms with van der Waals surface area (Å²) < 4.78 is 26.3. The van der Waals surface area contributed by atoms with Gasteiger partial charge in [-0.05, 0) is 31.0 Å². The molecular formula is C13H20ClN3O3S. The van der Waals surface area contributed by atoms with Crippen molar-refractivity contribution < 1.29 is 13.2 Å². The van der Waals surface area contributed by atoms with Crippen LogP contribution in [0.15, 0.2) is 17.0 Å². The van der Waals surface area contributed by atoms with Gasteiger partial charge in [0.1, 0.15) is 4.90 Å². The number of rotatable bonds is 7. The van der Waals surface area contributed by atoms with Crippen molar-refractivity contribution in [3.05, 3.63) is 22.7 Å². The molecule has 0 radical (unpaired) electrons. The van der Waals surface area contributed by atoms with Gasteiger partial charge < -0.3 is 11.5 Å². The average Bonchev–Trinajstić information content (AvgIpc) is 2.38. The number of halogens is 1. The van der Waals surface area contributed by atoms with E-state index in [0.717, 1.165) is 10.7 Å². The largest absolute Gasteiger partial charge is 0.398 e. The van der Waals surface area contributed by atoms with Gasteiger partial charge in [0.2, 0.25) is 15.9 Å². The minimum Gasteiger partial charge on any atom is -0.398 e. The molecular weight excluding hydrogens is 314 g/mol. The fraction of sp³-hybridized carbons (Fsp3) is 0.462. The standard InChI is InChI=1S/C13H20ClN3O3S/c1-3-4-5-17(8-13(16)18)21(19,20)12-7-11(15)9(2)6-10(12)14/h6-7H,3-5,8,15H2,1-2H3,(H2,16,18). The molecule has 0 aliphatic heterocycles. The highest BCUT2D eigenvalue weighted by atomic mass is 35.5. The Balaban J connectivity index is 3.27. The molecule has 0 spiro atoms. The van der Waals surface area contributed by atoms with Crippen molar-refractivity contribution in [2.75, 3.05) is 18.8 Å². The number of carbonyl (C=O) groups excluding carboxylic acids is 1. The molecule has 0 saturated heterocycles. The number of benzene rings is 1. The Morgan fingerprint density at radius 1 is 1.38 bits per heavy atom. The van der Waals surface area contributed by atoms with E-state index in [1.807, 2.05) is 6.92 Å². The summed E-state index contributed by atoms with van der Waals surface area (Å²) in [6, 6.07) is 2.80. The van der Waals surface area contributed by atoms with E-state index in [-0.39, 0.29) is 23.0 Å². The molecule has 1 aromatic rings. The summed E-state index contributed by atoms with van der Waals surface area (Å²) in [5, 5.41) is 0.0765. The summed E-state index contributed by atoms with van der Waals surface area (Å²) in [5.41, 5.74) is 11.9. The first-order chi connectivity index (χ1) is 9.70. The molecule has 0 aromatic heterocycles. The predicted octanol–water partition coefficient (Wildman–Crippen LogP) is 1.51. The zero-order valence-corrected chi connectivity index (χ0v) is 13.7. The molecule has 1 rings (SSSR count). The van der Waals surface area contributed by atoms with E-state index in [4.69, 9.17) is 23.1 Å². The van der Waals surface area contributed by atoms with Crippen LogP contribution in [0.2, 0.25) is 5.02 Å². The Bertz CT molecular complexity index is 632. The molecule has 0 unspecified atom stereocenters. The maximum Gasteiger partial charge on any atom is 0.245 e. The topological polar surface area (TPSA) is 106 Å². The third kappa shape index (κ3) is 4.33. The minimum absolute atomic E-state index is 0.0765. The van der Waals surface area contributed by atoms with E-state index in [1.165, 1.54) is 12.1 Å². The molecule has 0 saturated carbocycles. The van der Waals surface area contributed by atoms with Crippen molar-refractivity contribution in [2.24, 2.45) is 5.73 Å². The maximum atomic E-state index is 12.6. The number of amides is 1. The number of sulfonamides is 1. The summed E-state index contributed by atoms with van der Waals surface area (Å²) in [6.07, 6.45) is 1.40. The van der Waals surface area contributed by atoms with Crippen LogP contribution in [0.4, 0.5) is 5.69 Å². The fourth-order valence-electron chi connectivity index (χ4n) is 1.80. The molecule has 4 N–H and O–H groups in total. The second-order valence-electron chi connectivity index (χ2n) is 4.80. The third-order valence-electron chi connectivity index (χ3n) is 3.03. The lowest BCUT2D eigenvalue weighted by atomic mass is 10.2. The highest BCUT2D eigenvalue weighted by Gasteiger charge is 2.28. The molecule has 0 bridgehead atoms. The lowest BCUT2D eigenvalue weighted by Gasteiger charge is -2.21. The lowest BCUT2D eigenvalue weighted by molar-refractivity contribution is -0.118. The monoisotopic (exact) mass is 333 g/mol. The van der Waals surface area contributed by atoms with E-state index < -0.39 is 15.9 Å². The Kier molecular flexibility index (Phi) is 6.00. The van der Waals surface area contributed by atoms with Crippen LogP contribution in [-0.2, 0) is 14.8 Å². The number of anilines is 1. The van der Waals surface area contributed by atoms with Crippen molar-refractivity contribution in [1.29, 1.82) is 0 Å². The quantitative estimate of drug-likeness (QED) is 0.737. The Labute approximate surface area is 130 Å². The van der Waals surface area contributed by atoms with Crippen LogP contribution in [0.3, 0.4) is 0 Å². The first-order valence-corrected chi connectivity index (χ1v) is 8.36. The van der Waals surface area contributed by atoms with Gasteiger partial charge in [-0.1, -0.05) is 24.9 Å². The molecule has 21 heavy (non-hydrogen) atoms. The van der Waals surface area contributed by atoms with E-state index in [2.05, 4.69) is 0 Å². The molecule has 1 aromatic carbocycles. The highest BCUT2D eigenvalue weighted by molar-refractivity contribution is 7.89. The van der Waals surface area contributed by atoms with Crippen LogP contribution in [0.25, 0.3) is 0 Å². The second-order valence-corrected chi connectivity index (χ2v) is 7.11. The van der Waals surface area contributed by atoms with Crippen LogP contribution in [0.1, 0.15) is 25.3 Å². The zero-order valence-electron chi connectivity index (χ0n) is 12.1. The van der Waals surface area contributed by atoms with Crippen LogP contribution in [0.5, 0.6) is 0 Å². The molecule has 0 fully saturated rings. The van der Waals surface area contributed by atoms with E-state index in [9.17, 15) is 13.2 Å². The summed E-state index contributed by atoms with van der Waals surface area (Å²) in [7, 11) is -3.92. The summed E-state index contributed by atoms with van der Waals surface area (Å²) in [6.45, 7) is 3.47. The predicted molar refractivity (Wildman–Crippen MR) is 83.5 cm³/mol. The van der Waals surface area contributed by atoms with Crippen LogP contribution >= 0.6 is 11.6 Å². The minimum atomic E-state index is -3.92. The van der Waals surface area contributed by atoms with Gasteiger partial charge in [0, 0.05) is 12.2 Å².